The Morgan fingerprint density at radius 1 is 0.923 bits per heavy atom. The van der Waals surface area contributed by atoms with Crippen molar-refractivity contribution in [3.63, 3.8) is 0 Å². The highest BCUT2D eigenvalue weighted by atomic mass is 31.1. The van der Waals surface area contributed by atoms with E-state index in [1.54, 1.807) is 0 Å². The zero-order chi connectivity index (χ0) is 18.7. The monoisotopic (exact) mass is 386 g/mol. The molecular formula is C23H32OP2. The van der Waals surface area contributed by atoms with Crippen LogP contribution in [0.2, 0.25) is 0 Å². The Morgan fingerprint density at radius 2 is 1.42 bits per heavy atom. The summed E-state index contributed by atoms with van der Waals surface area (Å²) in [6.45, 7) is 8.90. The Kier molecular flexibility index (Phi) is 6.42. The van der Waals surface area contributed by atoms with Gasteiger partial charge in [-0.1, -0.05) is 94.8 Å². The van der Waals surface area contributed by atoms with E-state index in [4.69, 9.17) is 0 Å². The van der Waals surface area contributed by atoms with Crippen molar-refractivity contribution in [2.45, 2.75) is 63.4 Å². The summed E-state index contributed by atoms with van der Waals surface area (Å²) in [7, 11) is -2.04. The molecule has 2 aromatic carbocycles. The Labute approximate surface area is 161 Å². The second-order valence-electron chi connectivity index (χ2n) is 8.60. The summed E-state index contributed by atoms with van der Waals surface area (Å²) in [6, 6.07) is 22.0. The number of benzene rings is 2. The highest BCUT2D eigenvalue weighted by Gasteiger charge is 2.41. The predicted molar refractivity (Wildman–Crippen MR) is 118 cm³/mol. The lowest BCUT2D eigenvalue weighted by Gasteiger charge is -2.35. The quantitative estimate of drug-likeness (QED) is 0.573. The van der Waals surface area contributed by atoms with Gasteiger partial charge in [0.25, 0.3) is 0 Å². The maximum atomic E-state index is 13.3. The van der Waals surface area contributed by atoms with Crippen LogP contribution >= 0.6 is 15.7 Å². The van der Waals surface area contributed by atoms with E-state index in [1.807, 2.05) is 0 Å². The van der Waals surface area contributed by atoms with Crippen molar-refractivity contribution < 1.29 is 4.57 Å². The summed E-state index contributed by atoms with van der Waals surface area (Å²) in [4.78, 5) is 0. The average molecular weight is 386 g/mol. The van der Waals surface area contributed by atoms with E-state index in [0.717, 1.165) is 6.42 Å². The molecule has 1 aliphatic rings. The van der Waals surface area contributed by atoms with E-state index in [1.165, 1.54) is 23.5 Å². The van der Waals surface area contributed by atoms with Crippen LogP contribution in [0.15, 0.2) is 60.7 Å². The molecule has 1 nitrogen and oxygen atoms in total. The Hall–Kier alpha value is -0.900. The van der Waals surface area contributed by atoms with Crippen molar-refractivity contribution in [1.29, 1.82) is 0 Å². The van der Waals surface area contributed by atoms with E-state index >= 15 is 0 Å². The molecule has 0 radical (unpaired) electrons. The highest BCUT2D eigenvalue weighted by Crippen LogP contribution is 2.56. The van der Waals surface area contributed by atoms with Crippen molar-refractivity contribution in [2.75, 3.05) is 0 Å². The van der Waals surface area contributed by atoms with E-state index in [-0.39, 0.29) is 5.16 Å². The van der Waals surface area contributed by atoms with Crippen molar-refractivity contribution >= 4 is 26.3 Å². The second kappa shape index (κ2) is 8.41. The first-order valence-corrected chi connectivity index (χ1v) is 12.7. The van der Waals surface area contributed by atoms with Crippen molar-refractivity contribution in [3.05, 3.63) is 60.7 Å². The first kappa shape index (κ1) is 19.9. The lowest BCUT2D eigenvalue weighted by atomic mass is 10.0. The maximum absolute atomic E-state index is 13.3. The molecular weight excluding hydrogens is 354 g/mol. The molecule has 1 aliphatic carbocycles. The van der Waals surface area contributed by atoms with Crippen LogP contribution in [-0.4, -0.2) is 16.5 Å². The Balaban J connectivity index is 1.95. The lowest BCUT2D eigenvalue weighted by molar-refractivity contribution is 0.504. The Morgan fingerprint density at radius 3 is 1.88 bits per heavy atom. The van der Waals surface area contributed by atoms with Crippen LogP contribution < -0.4 is 10.6 Å². The molecule has 3 rings (SSSR count). The molecule has 0 amide bonds. The van der Waals surface area contributed by atoms with Crippen molar-refractivity contribution in [3.8, 4) is 0 Å². The summed E-state index contributed by atoms with van der Waals surface area (Å²) in [5.41, 5.74) is 0.964. The molecule has 0 aliphatic heterocycles. The van der Waals surface area contributed by atoms with Gasteiger partial charge in [-0.05, 0) is 42.9 Å². The lowest BCUT2D eigenvalue weighted by Crippen LogP contribution is -2.31. The van der Waals surface area contributed by atoms with Gasteiger partial charge in [0.05, 0.1) is 7.80 Å². The molecule has 0 saturated heterocycles. The van der Waals surface area contributed by atoms with Gasteiger partial charge in [-0.2, -0.15) is 0 Å². The van der Waals surface area contributed by atoms with Crippen LogP contribution in [0.1, 0.15) is 47.0 Å². The minimum Gasteiger partial charge on any atom is -0.326 e. The second-order valence-corrected chi connectivity index (χ2v) is 14.2. The number of hydrogen-bond donors (Lipinski definition) is 0. The standard InChI is InChI=1S/C23H32OP2/c1-18(21-16-11-17-22(21)26(24)23(2,3)4)25(19-12-7-5-8-13-19)20-14-9-6-10-15-20/h5-10,12-15,18,21-22,26H,11,16-17H2,1-4H3/t18-,21?,22?/m0/s1. The molecule has 140 valence electrons. The normalized spacial score (nSPS) is 23.1. The smallest absolute Gasteiger partial charge is 0.0844 e. The minimum atomic E-state index is -1.61. The van der Waals surface area contributed by atoms with Gasteiger partial charge in [0.2, 0.25) is 0 Å². The van der Waals surface area contributed by atoms with Gasteiger partial charge < -0.3 is 4.57 Å². The van der Waals surface area contributed by atoms with Crippen molar-refractivity contribution in [1.82, 2.24) is 0 Å². The maximum Gasteiger partial charge on any atom is 0.0844 e. The molecule has 0 heterocycles. The Bertz CT molecular complexity index is 681. The summed E-state index contributed by atoms with van der Waals surface area (Å²) in [6.07, 6.45) is 3.62. The molecule has 3 heteroatoms. The SMILES string of the molecule is C[C@@H](C1CCCC1[P@@H](=O)C(C)(C)C)P(c1ccccc1)c1ccccc1. The molecule has 0 aromatic heterocycles. The zero-order valence-corrected chi connectivity index (χ0v) is 18.4. The predicted octanol–water partition coefficient (Wildman–Crippen LogP) is 6.03. The number of rotatable bonds is 5. The average Bonchev–Trinajstić information content (AvgIpc) is 3.12. The number of hydrogen-bond acceptors (Lipinski definition) is 1. The molecule has 2 aromatic rings. The first-order chi connectivity index (χ1) is 12.4. The largest absolute Gasteiger partial charge is 0.326 e. The fourth-order valence-corrected chi connectivity index (χ4v) is 9.99. The first-order valence-electron chi connectivity index (χ1n) is 9.83. The molecule has 4 atom stereocenters. The van der Waals surface area contributed by atoms with Crippen LogP contribution in [0.5, 0.6) is 0 Å². The molecule has 0 N–H and O–H groups in total. The third kappa shape index (κ3) is 4.32. The van der Waals surface area contributed by atoms with Gasteiger partial charge in [-0.3, -0.25) is 0 Å². The van der Waals surface area contributed by atoms with Gasteiger partial charge in [0.15, 0.2) is 0 Å². The summed E-state index contributed by atoms with van der Waals surface area (Å²) in [5.74, 6) is 0.576. The van der Waals surface area contributed by atoms with Crippen LogP contribution in [0.4, 0.5) is 0 Å². The van der Waals surface area contributed by atoms with E-state index in [2.05, 4.69) is 88.4 Å². The van der Waals surface area contributed by atoms with E-state index < -0.39 is 15.7 Å². The van der Waals surface area contributed by atoms with Gasteiger partial charge in [0.1, 0.15) is 0 Å². The third-order valence-electron chi connectivity index (χ3n) is 5.74. The van der Waals surface area contributed by atoms with Gasteiger partial charge >= 0.3 is 0 Å². The molecule has 0 spiro atoms. The van der Waals surface area contributed by atoms with Crippen molar-refractivity contribution in [2.24, 2.45) is 5.92 Å². The molecule has 2 unspecified atom stereocenters. The van der Waals surface area contributed by atoms with Crippen LogP contribution in [0, 0.1) is 5.92 Å². The van der Waals surface area contributed by atoms with Crippen LogP contribution in [0.25, 0.3) is 0 Å². The van der Waals surface area contributed by atoms with Crippen LogP contribution in [0.3, 0.4) is 0 Å². The third-order valence-corrected chi connectivity index (χ3v) is 11.5. The van der Waals surface area contributed by atoms with E-state index in [9.17, 15) is 4.57 Å². The molecule has 1 saturated carbocycles. The molecule has 26 heavy (non-hydrogen) atoms. The van der Waals surface area contributed by atoms with Gasteiger partial charge in [-0.15, -0.1) is 0 Å². The van der Waals surface area contributed by atoms with Crippen LogP contribution in [-0.2, 0) is 4.57 Å². The molecule has 1 fully saturated rings. The van der Waals surface area contributed by atoms with Gasteiger partial charge in [0, 0.05) is 10.8 Å². The minimum absolute atomic E-state index is 0.0557. The van der Waals surface area contributed by atoms with E-state index in [0.29, 0.717) is 17.2 Å². The fraction of sp³-hybridized carbons (Fsp3) is 0.478. The summed E-state index contributed by atoms with van der Waals surface area (Å²) in [5, 5.41) is 2.84. The summed E-state index contributed by atoms with van der Waals surface area (Å²) < 4.78 is 13.3. The zero-order valence-electron chi connectivity index (χ0n) is 16.5. The highest BCUT2D eigenvalue weighted by molar-refractivity contribution is 7.73. The molecule has 0 bridgehead atoms. The van der Waals surface area contributed by atoms with Gasteiger partial charge in [-0.25, -0.2) is 0 Å². The topological polar surface area (TPSA) is 17.1 Å². The fourth-order valence-electron chi connectivity index (χ4n) is 4.44. The summed E-state index contributed by atoms with van der Waals surface area (Å²) >= 11 is 0.